The van der Waals surface area contributed by atoms with E-state index in [4.69, 9.17) is 5.11 Å². The van der Waals surface area contributed by atoms with Crippen molar-refractivity contribution in [2.24, 2.45) is 0 Å². The van der Waals surface area contributed by atoms with Gasteiger partial charge in [-0.2, -0.15) is 0 Å². The standard InChI is InChI=1S/C16H18N2O3S/c1-11-12(2)22-16(17-11)18(9-8-15(20)21)10-14(19)13-6-4-3-5-7-13/h3-7H,8-10H2,1-2H3,(H,20,21). The Balaban J connectivity index is 2.17. The van der Waals surface area contributed by atoms with Crippen LogP contribution in [-0.2, 0) is 4.79 Å². The van der Waals surface area contributed by atoms with Crippen molar-refractivity contribution in [3.8, 4) is 0 Å². The first-order chi connectivity index (χ1) is 10.5. The minimum absolute atomic E-state index is 0.0280. The van der Waals surface area contributed by atoms with E-state index in [-0.39, 0.29) is 25.3 Å². The molecule has 0 aliphatic heterocycles. The zero-order valence-corrected chi connectivity index (χ0v) is 13.4. The van der Waals surface area contributed by atoms with Crippen LogP contribution >= 0.6 is 11.3 Å². The lowest BCUT2D eigenvalue weighted by Gasteiger charge is -2.20. The number of hydrogen-bond acceptors (Lipinski definition) is 5. The number of aromatic nitrogens is 1. The van der Waals surface area contributed by atoms with Gasteiger partial charge in [-0.15, -0.1) is 11.3 Å². The van der Waals surface area contributed by atoms with Crippen LogP contribution in [0, 0.1) is 13.8 Å². The lowest BCUT2D eigenvalue weighted by Crippen LogP contribution is -2.32. The highest BCUT2D eigenvalue weighted by Crippen LogP contribution is 2.25. The molecule has 1 aromatic carbocycles. The van der Waals surface area contributed by atoms with Gasteiger partial charge in [0.05, 0.1) is 18.7 Å². The maximum atomic E-state index is 12.4. The number of ketones is 1. The van der Waals surface area contributed by atoms with Crippen molar-refractivity contribution >= 4 is 28.2 Å². The van der Waals surface area contributed by atoms with Gasteiger partial charge in [-0.25, -0.2) is 4.98 Å². The monoisotopic (exact) mass is 318 g/mol. The molecule has 0 bridgehead atoms. The molecule has 0 saturated heterocycles. The lowest BCUT2D eigenvalue weighted by molar-refractivity contribution is -0.136. The number of thiazole rings is 1. The van der Waals surface area contributed by atoms with E-state index in [0.717, 1.165) is 10.6 Å². The van der Waals surface area contributed by atoms with Crippen LogP contribution in [0.25, 0.3) is 0 Å². The second-order valence-electron chi connectivity index (χ2n) is 4.99. The molecule has 5 nitrogen and oxygen atoms in total. The highest BCUT2D eigenvalue weighted by Gasteiger charge is 2.18. The van der Waals surface area contributed by atoms with Gasteiger partial charge in [-0.05, 0) is 13.8 Å². The summed E-state index contributed by atoms with van der Waals surface area (Å²) in [4.78, 5) is 30.4. The van der Waals surface area contributed by atoms with Gasteiger partial charge in [0.15, 0.2) is 10.9 Å². The summed E-state index contributed by atoms with van der Waals surface area (Å²) in [5, 5.41) is 9.59. The summed E-state index contributed by atoms with van der Waals surface area (Å²) < 4.78 is 0. The van der Waals surface area contributed by atoms with Gasteiger partial charge in [0.25, 0.3) is 0 Å². The number of aryl methyl sites for hydroxylation is 2. The fraction of sp³-hybridized carbons (Fsp3) is 0.312. The average Bonchev–Trinajstić information content (AvgIpc) is 2.83. The minimum Gasteiger partial charge on any atom is -0.481 e. The highest BCUT2D eigenvalue weighted by molar-refractivity contribution is 7.15. The van der Waals surface area contributed by atoms with E-state index in [1.165, 1.54) is 11.3 Å². The van der Waals surface area contributed by atoms with Crippen LogP contribution in [0.2, 0.25) is 0 Å². The highest BCUT2D eigenvalue weighted by atomic mass is 32.1. The molecule has 1 aromatic heterocycles. The predicted molar refractivity (Wildman–Crippen MR) is 86.8 cm³/mol. The Bertz CT molecular complexity index is 648. The number of benzene rings is 1. The summed E-state index contributed by atoms with van der Waals surface area (Å²) in [5.41, 5.74) is 1.53. The first-order valence-electron chi connectivity index (χ1n) is 6.96. The molecule has 116 valence electrons. The van der Waals surface area contributed by atoms with E-state index in [1.54, 1.807) is 17.0 Å². The number of nitrogens with zero attached hydrogens (tertiary/aromatic N) is 2. The molecule has 0 aliphatic carbocycles. The molecule has 1 N–H and O–H groups in total. The number of aliphatic carboxylic acids is 1. The van der Waals surface area contributed by atoms with Crippen molar-refractivity contribution in [3.05, 3.63) is 46.5 Å². The lowest BCUT2D eigenvalue weighted by atomic mass is 10.1. The van der Waals surface area contributed by atoms with Gasteiger partial charge >= 0.3 is 5.97 Å². The molecule has 1 heterocycles. The zero-order valence-electron chi connectivity index (χ0n) is 12.6. The van der Waals surface area contributed by atoms with Gasteiger partial charge in [0, 0.05) is 17.0 Å². The van der Waals surface area contributed by atoms with E-state index in [2.05, 4.69) is 4.98 Å². The Hall–Kier alpha value is -2.21. The molecule has 0 unspecified atom stereocenters. The van der Waals surface area contributed by atoms with E-state index in [9.17, 15) is 9.59 Å². The molecule has 0 atom stereocenters. The van der Waals surface area contributed by atoms with Crippen molar-refractivity contribution < 1.29 is 14.7 Å². The number of carbonyl (C=O) groups is 2. The number of carboxylic acid groups (broad SMARTS) is 1. The van der Waals surface area contributed by atoms with Crippen molar-refractivity contribution in [2.75, 3.05) is 18.0 Å². The van der Waals surface area contributed by atoms with Gasteiger partial charge in [0.2, 0.25) is 0 Å². The number of rotatable bonds is 7. The number of carbonyl (C=O) groups excluding carboxylic acids is 1. The molecule has 0 radical (unpaired) electrons. The van der Waals surface area contributed by atoms with Crippen molar-refractivity contribution in [2.45, 2.75) is 20.3 Å². The van der Waals surface area contributed by atoms with Crippen LogP contribution in [0.15, 0.2) is 30.3 Å². The van der Waals surface area contributed by atoms with Gasteiger partial charge in [0.1, 0.15) is 0 Å². The number of carboxylic acids is 1. The molecule has 22 heavy (non-hydrogen) atoms. The Labute approximate surface area is 133 Å². The first kappa shape index (κ1) is 16.2. The maximum Gasteiger partial charge on any atom is 0.305 e. The van der Waals surface area contributed by atoms with Gasteiger partial charge < -0.3 is 10.0 Å². The van der Waals surface area contributed by atoms with Gasteiger partial charge in [-0.3, -0.25) is 9.59 Å². The molecule has 0 fully saturated rings. The molecule has 0 spiro atoms. The maximum absolute atomic E-state index is 12.4. The van der Waals surface area contributed by atoms with Gasteiger partial charge in [-0.1, -0.05) is 30.3 Å². The van der Waals surface area contributed by atoms with E-state index in [1.807, 2.05) is 32.0 Å². The summed E-state index contributed by atoms with van der Waals surface area (Å²) in [7, 11) is 0. The molecular formula is C16H18N2O3S. The summed E-state index contributed by atoms with van der Waals surface area (Å²) in [6, 6.07) is 9.00. The topological polar surface area (TPSA) is 70.5 Å². The molecule has 0 amide bonds. The third-order valence-electron chi connectivity index (χ3n) is 3.31. The minimum atomic E-state index is -0.887. The summed E-state index contributed by atoms with van der Waals surface area (Å²) in [6.45, 7) is 4.26. The largest absolute Gasteiger partial charge is 0.481 e. The quantitative estimate of drug-likeness (QED) is 0.795. The molecule has 0 saturated carbocycles. The Morgan fingerprint density at radius 3 is 2.45 bits per heavy atom. The summed E-state index contributed by atoms with van der Waals surface area (Å²) in [6.07, 6.45) is -0.0280. The third kappa shape index (κ3) is 4.14. The number of Topliss-reactive ketones (excluding diaryl/α,β-unsaturated/α-hetero) is 1. The van der Waals surface area contributed by atoms with E-state index in [0.29, 0.717) is 10.7 Å². The fourth-order valence-electron chi connectivity index (χ4n) is 1.95. The number of hydrogen-bond donors (Lipinski definition) is 1. The van der Waals surface area contributed by atoms with Crippen LogP contribution in [0.3, 0.4) is 0 Å². The van der Waals surface area contributed by atoms with E-state index < -0.39 is 5.97 Å². The number of anilines is 1. The fourth-order valence-corrected chi connectivity index (χ4v) is 2.89. The second-order valence-corrected chi connectivity index (χ2v) is 6.17. The smallest absolute Gasteiger partial charge is 0.305 e. The van der Waals surface area contributed by atoms with Crippen LogP contribution in [0.4, 0.5) is 5.13 Å². The van der Waals surface area contributed by atoms with Crippen molar-refractivity contribution in [1.82, 2.24) is 4.98 Å². The molecule has 0 aliphatic rings. The normalized spacial score (nSPS) is 10.5. The Kier molecular flexibility index (Phi) is 5.27. The van der Waals surface area contributed by atoms with Crippen LogP contribution in [-0.4, -0.2) is 34.9 Å². The third-order valence-corrected chi connectivity index (χ3v) is 4.45. The molecule has 2 aromatic rings. The zero-order chi connectivity index (χ0) is 16.1. The van der Waals surface area contributed by atoms with Crippen molar-refractivity contribution in [1.29, 1.82) is 0 Å². The molecule has 2 rings (SSSR count). The predicted octanol–water partition coefficient (Wildman–Crippen LogP) is 2.92. The average molecular weight is 318 g/mol. The Morgan fingerprint density at radius 2 is 1.91 bits per heavy atom. The SMILES string of the molecule is Cc1nc(N(CCC(=O)O)CC(=O)c2ccccc2)sc1C. The molecule has 6 heteroatoms. The van der Waals surface area contributed by atoms with Crippen LogP contribution in [0.1, 0.15) is 27.3 Å². The summed E-state index contributed by atoms with van der Waals surface area (Å²) >= 11 is 1.48. The van der Waals surface area contributed by atoms with E-state index >= 15 is 0 Å². The second kappa shape index (κ2) is 7.17. The molecular weight excluding hydrogens is 300 g/mol. The summed E-state index contributed by atoms with van der Waals surface area (Å²) in [5.74, 6) is -0.932. The van der Waals surface area contributed by atoms with Crippen LogP contribution in [0.5, 0.6) is 0 Å². The van der Waals surface area contributed by atoms with Crippen molar-refractivity contribution in [3.63, 3.8) is 0 Å². The Morgan fingerprint density at radius 1 is 1.23 bits per heavy atom. The van der Waals surface area contributed by atoms with Crippen LogP contribution < -0.4 is 4.90 Å². The first-order valence-corrected chi connectivity index (χ1v) is 7.78.